The number of amides is 1. The molecule has 122 valence electrons. The van der Waals surface area contributed by atoms with E-state index < -0.39 is 11.4 Å². The predicted octanol–water partition coefficient (Wildman–Crippen LogP) is 1.85. The Morgan fingerprint density at radius 2 is 2.00 bits per heavy atom. The minimum absolute atomic E-state index is 0. The molecule has 0 spiro atoms. The molecule has 1 saturated heterocycles. The van der Waals surface area contributed by atoms with E-state index in [9.17, 15) is 14.7 Å². The van der Waals surface area contributed by atoms with Gasteiger partial charge in [0.05, 0.1) is 11.5 Å². The number of hydrogen-bond donors (Lipinski definition) is 1. The number of carbonyl (C=O) groups excluding carboxylic acids is 1. The Morgan fingerprint density at radius 3 is 2.48 bits per heavy atom. The molecule has 2 aliphatic rings. The summed E-state index contributed by atoms with van der Waals surface area (Å²) in [5.74, 6) is -0.340. The lowest BCUT2D eigenvalue weighted by Gasteiger charge is -2.30. The van der Waals surface area contributed by atoms with Gasteiger partial charge in [-0.05, 0) is 39.5 Å². The molecule has 5 nitrogen and oxygen atoms in total. The summed E-state index contributed by atoms with van der Waals surface area (Å²) in [5, 5.41) is 9.59. The van der Waals surface area contributed by atoms with Crippen LogP contribution in [0.4, 0.5) is 0 Å². The number of carboxylic acid groups (broad SMARTS) is 1. The first-order valence-corrected chi connectivity index (χ1v) is 7.72. The summed E-state index contributed by atoms with van der Waals surface area (Å²) < 4.78 is 0. The number of carbonyl (C=O) groups is 2. The molecular weight excluding hydrogens is 292 g/mol. The molecule has 1 unspecified atom stereocenters. The van der Waals surface area contributed by atoms with Gasteiger partial charge in [0.15, 0.2) is 0 Å². The quantitative estimate of drug-likeness (QED) is 0.840. The van der Waals surface area contributed by atoms with Crippen molar-refractivity contribution in [1.82, 2.24) is 9.80 Å². The third-order valence-corrected chi connectivity index (χ3v) is 5.30. The van der Waals surface area contributed by atoms with Gasteiger partial charge in [0.1, 0.15) is 0 Å². The van der Waals surface area contributed by atoms with Gasteiger partial charge in [-0.3, -0.25) is 14.5 Å². The normalized spacial score (nSPS) is 29.6. The molecule has 1 saturated carbocycles. The van der Waals surface area contributed by atoms with Gasteiger partial charge in [0.2, 0.25) is 5.91 Å². The maximum absolute atomic E-state index is 12.4. The Kier molecular flexibility index (Phi) is 6.05. The number of likely N-dealkylation sites (tertiary alicyclic amines) is 1. The fourth-order valence-electron chi connectivity index (χ4n) is 3.93. The van der Waals surface area contributed by atoms with Crippen molar-refractivity contribution in [3.8, 4) is 0 Å². The molecule has 1 heterocycles. The second-order valence-corrected chi connectivity index (χ2v) is 6.17. The highest BCUT2D eigenvalue weighted by atomic mass is 35.5. The molecular formula is C15H27ClN2O3. The standard InChI is InChI=1S/C15H26N2O3.ClH/c1-4-16(5-2)13(18)11(3)17-9-12-7-6-8-15(12,10-17)14(19)20;/h11-12H,4-10H2,1-3H3,(H,19,20);1H/t11?,12-,15+;/m0./s1. The average molecular weight is 319 g/mol. The number of rotatable bonds is 5. The van der Waals surface area contributed by atoms with Gasteiger partial charge in [-0.2, -0.15) is 0 Å². The van der Waals surface area contributed by atoms with Crippen molar-refractivity contribution in [3.05, 3.63) is 0 Å². The Labute approximate surface area is 133 Å². The van der Waals surface area contributed by atoms with Crippen LogP contribution in [0.2, 0.25) is 0 Å². The van der Waals surface area contributed by atoms with E-state index in [4.69, 9.17) is 0 Å². The second-order valence-electron chi connectivity index (χ2n) is 6.17. The van der Waals surface area contributed by atoms with E-state index in [1.54, 1.807) is 0 Å². The summed E-state index contributed by atoms with van der Waals surface area (Å²) in [6.07, 6.45) is 2.74. The first kappa shape index (κ1) is 18.2. The third kappa shape index (κ3) is 3.04. The van der Waals surface area contributed by atoms with Gasteiger partial charge < -0.3 is 10.0 Å². The van der Waals surface area contributed by atoms with Crippen molar-refractivity contribution >= 4 is 24.3 Å². The van der Waals surface area contributed by atoms with Gasteiger partial charge in [-0.25, -0.2) is 0 Å². The number of aliphatic carboxylic acids is 1. The molecule has 1 N–H and O–H groups in total. The number of hydrogen-bond acceptors (Lipinski definition) is 3. The summed E-state index contributed by atoms with van der Waals surface area (Å²) in [7, 11) is 0. The van der Waals surface area contributed by atoms with Crippen molar-refractivity contribution in [2.75, 3.05) is 26.2 Å². The van der Waals surface area contributed by atoms with E-state index in [-0.39, 0.29) is 30.3 Å². The van der Waals surface area contributed by atoms with Crippen molar-refractivity contribution in [2.45, 2.75) is 46.1 Å². The molecule has 0 radical (unpaired) electrons. The zero-order valence-corrected chi connectivity index (χ0v) is 14.0. The fraction of sp³-hybridized carbons (Fsp3) is 0.867. The summed E-state index contributed by atoms with van der Waals surface area (Å²) in [5.41, 5.74) is -0.599. The molecule has 3 atom stereocenters. The van der Waals surface area contributed by atoms with Crippen LogP contribution in [0.1, 0.15) is 40.0 Å². The maximum Gasteiger partial charge on any atom is 0.311 e. The first-order valence-electron chi connectivity index (χ1n) is 7.72. The van der Waals surface area contributed by atoms with Gasteiger partial charge in [0.25, 0.3) is 0 Å². The minimum atomic E-state index is -0.676. The number of nitrogens with zero attached hydrogens (tertiary/aromatic N) is 2. The summed E-state index contributed by atoms with van der Waals surface area (Å²) >= 11 is 0. The van der Waals surface area contributed by atoms with Crippen LogP contribution in [-0.2, 0) is 9.59 Å². The number of likely N-dealkylation sites (N-methyl/N-ethyl adjacent to an activating group) is 1. The van der Waals surface area contributed by atoms with Crippen molar-refractivity contribution in [1.29, 1.82) is 0 Å². The van der Waals surface area contributed by atoms with Gasteiger partial charge >= 0.3 is 5.97 Å². The average Bonchev–Trinajstić information content (AvgIpc) is 2.96. The molecule has 0 bridgehead atoms. The first-order chi connectivity index (χ1) is 9.46. The topological polar surface area (TPSA) is 60.9 Å². The van der Waals surface area contributed by atoms with Crippen molar-refractivity contribution in [3.63, 3.8) is 0 Å². The molecule has 0 aromatic heterocycles. The molecule has 2 fully saturated rings. The van der Waals surface area contributed by atoms with Crippen LogP contribution in [0.3, 0.4) is 0 Å². The fourth-order valence-corrected chi connectivity index (χ4v) is 3.93. The Morgan fingerprint density at radius 1 is 1.38 bits per heavy atom. The van der Waals surface area contributed by atoms with E-state index in [2.05, 4.69) is 4.90 Å². The summed E-state index contributed by atoms with van der Waals surface area (Å²) in [6.45, 7) is 8.57. The summed E-state index contributed by atoms with van der Waals surface area (Å²) in [4.78, 5) is 28.0. The van der Waals surface area contributed by atoms with Crippen molar-refractivity contribution in [2.24, 2.45) is 11.3 Å². The second kappa shape index (κ2) is 6.97. The molecule has 1 aliphatic heterocycles. The smallest absolute Gasteiger partial charge is 0.311 e. The van der Waals surface area contributed by atoms with E-state index in [1.165, 1.54) is 0 Å². The monoisotopic (exact) mass is 318 g/mol. The number of halogens is 1. The van der Waals surface area contributed by atoms with Gasteiger partial charge in [0, 0.05) is 26.2 Å². The molecule has 0 aromatic rings. The van der Waals surface area contributed by atoms with Crippen LogP contribution in [0.15, 0.2) is 0 Å². The zero-order valence-electron chi connectivity index (χ0n) is 13.2. The largest absolute Gasteiger partial charge is 0.481 e. The highest BCUT2D eigenvalue weighted by Crippen LogP contribution is 2.49. The Bertz CT molecular complexity index is 400. The Balaban J connectivity index is 0.00000220. The van der Waals surface area contributed by atoms with Crippen LogP contribution in [0.5, 0.6) is 0 Å². The maximum atomic E-state index is 12.4. The lowest BCUT2D eigenvalue weighted by molar-refractivity contribution is -0.150. The van der Waals surface area contributed by atoms with Crippen LogP contribution in [0.25, 0.3) is 0 Å². The minimum Gasteiger partial charge on any atom is -0.481 e. The van der Waals surface area contributed by atoms with Crippen LogP contribution < -0.4 is 0 Å². The number of carboxylic acids is 1. The van der Waals surface area contributed by atoms with Crippen LogP contribution >= 0.6 is 12.4 Å². The van der Waals surface area contributed by atoms with Gasteiger partial charge in [-0.15, -0.1) is 12.4 Å². The molecule has 6 heteroatoms. The Hall–Kier alpha value is -0.810. The van der Waals surface area contributed by atoms with Crippen LogP contribution in [0, 0.1) is 11.3 Å². The van der Waals surface area contributed by atoms with E-state index in [0.717, 1.165) is 25.8 Å². The lowest BCUT2D eigenvalue weighted by Crippen LogP contribution is -2.47. The van der Waals surface area contributed by atoms with Gasteiger partial charge in [-0.1, -0.05) is 6.42 Å². The number of fused-ring (bicyclic) bond motifs is 1. The van der Waals surface area contributed by atoms with Crippen LogP contribution in [-0.4, -0.2) is 59.0 Å². The van der Waals surface area contributed by atoms with Crippen molar-refractivity contribution < 1.29 is 14.7 Å². The zero-order chi connectivity index (χ0) is 14.9. The molecule has 21 heavy (non-hydrogen) atoms. The summed E-state index contributed by atoms with van der Waals surface area (Å²) in [6, 6.07) is -0.211. The SMILES string of the molecule is CCN(CC)C(=O)C(C)N1C[C@@H]2CCC[C@@]2(C(=O)O)C1.Cl. The highest BCUT2D eigenvalue weighted by molar-refractivity contribution is 5.85. The third-order valence-electron chi connectivity index (χ3n) is 5.30. The van der Waals surface area contributed by atoms with E-state index in [0.29, 0.717) is 19.6 Å². The molecule has 1 aliphatic carbocycles. The molecule has 2 rings (SSSR count). The lowest BCUT2D eigenvalue weighted by atomic mass is 9.81. The van der Waals surface area contributed by atoms with E-state index >= 15 is 0 Å². The molecule has 1 amide bonds. The highest BCUT2D eigenvalue weighted by Gasteiger charge is 2.55. The predicted molar refractivity (Wildman–Crippen MR) is 83.6 cm³/mol. The molecule has 0 aromatic carbocycles. The van der Waals surface area contributed by atoms with E-state index in [1.807, 2.05) is 25.7 Å².